The predicted molar refractivity (Wildman–Crippen MR) is 93.9 cm³/mol. The van der Waals surface area contributed by atoms with Gasteiger partial charge in [0, 0.05) is 19.0 Å². The Morgan fingerprint density at radius 3 is 2.56 bits per heavy atom. The zero-order chi connectivity index (χ0) is 18.4. The van der Waals surface area contributed by atoms with E-state index in [4.69, 9.17) is 33.2 Å². The Bertz CT molecular complexity index is 682. The molecule has 0 unspecified atom stereocenters. The lowest BCUT2D eigenvalue weighted by molar-refractivity contribution is -0.132. The van der Waals surface area contributed by atoms with Crippen LogP contribution in [-0.4, -0.2) is 30.0 Å². The summed E-state index contributed by atoms with van der Waals surface area (Å²) in [7, 11) is 1.47. The van der Waals surface area contributed by atoms with Gasteiger partial charge in [-0.2, -0.15) is 5.26 Å². The summed E-state index contributed by atoms with van der Waals surface area (Å²) in [6.07, 6.45) is 3.96. The van der Waals surface area contributed by atoms with E-state index in [9.17, 15) is 9.59 Å². The largest absolute Gasteiger partial charge is 0.445 e. The minimum Gasteiger partial charge on any atom is -0.445 e. The van der Waals surface area contributed by atoms with Crippen LogP contribution in [0, 0.1) is 17.4 Å². The van der Waals surface area contributed by atoms with Crippen LogP contribution in [0.3, 0.4) is 0 Å². The summed E-state index contributed by atoms with van der Waals surface area (Å²) in [4.78, 5) is 24.9. The highest BCUT2D eigenvalue weighted by Crippen LogP contribution is 2.26. The maximum absolute atomic E-state index is 11.9. The Balaban J connectivity index is 1.74. The fourth-order valence-electron chi connectivity index (χ4n) is 2.79. The lowest BCUT2D eigenvalue weighted by atomic mass is 9.85. The molecule has 0 atom stereocenters. The van der Waals surface area contributed by atoms with Crippen molar-refractivity contribution in [2.45, 2.75) is 38.3 Å². The second-order valence-electron chi connectivity index (χ2n) is 6.01. The molecule has 0 heterocycles. The van der Waals surface area contributed by atoms with Crippen LogP contribution in [0.5, 0.6) is 0 Å². The molecule has 8 heteroatoms. The fourth-order valence-corrected chi connectivity index (χ4v) is 3.12. The van der Waals surface area contributed by atoms with E-state index in [1.54, 1.807) is 18.2 Å². The van der Waals surface area contributed by atoms with Crippen molar-refractivity contribution < 1.29 is 14.3 Å². The molecule has 2 rings (SSSR count). The van der Waals surface area contributed by atoms with Crippen LogP contribution < -0.4 is 5.32 Å². The molecule has 2 amide bonds. The smallest absolute Gasteiger partial charge is 0.407 e. The SMILES string of the molecule is CN(C#N)C(=O)[C@H]1CC[C@@H](NC(=O)OCc2ccc(Cl)c(Cl)c2)CC1. The first-order chi connectivity index (χ1) is 11.9. The lowest BCUT2D eigenvalue weighted by Gasteiger charge is -2.28. The molecule has 1 saturated carbocycles. The third-order valence-electron chi connectivity index (χ3n) is 4.23. The summed E-state index contributed by atoms with van der Waals surface area (Å²) in [5, 5.41) is 12.4. The van der Waals surface area contributed by atoms with Gasteiger partial charge in [-0.3, -0.25) is 9.69 Å². The molecule has 1 fully saturated rings. The maximum Gasteiger partial charge on any atom is 0.407 e. The highest BCUT2D eigenvalue weighted by Gasteiger charge is 2.29. The van der Waals surface area contributed by atoms with Gasteiger partial charge >= 0.3 is 6.09 Å². The van der Waals surface area contributed by atoms with Gasteiger partial charge in [0.1, 0.15) is 6.61 Å². The minimum absolute atomic E-state index is 0.0299. The molecule has 0 aliphatic heterocycles. The highest BCUT2D eigenvalue weighted by molar-refractivity contribution is 6.42. The Hall–Kier alpha value is -1.97. The number of rotatable bonds is 4. The molecule has 0 saturated heterocycles. The summed E-state index contributed by atoms with van der Waals surface area (Å²) in [6.45, 7) is 0.101. The number of hydrogen-bond acceptors (Lipinski definition) is 4. The first kappa shape index (κ1) is 19.4. The average molecular weight is 384 g/mol. The Morgan fingerprint density at radius 1 is 1.28 bits per heavy atom. The maximum atomic E-state index is 11.9. The minimum atomic E-state index is -0.505. The van der Waals surface area contributed by atoms with Crippen LogP contribution in [0.2, 0.25) is 10.0 Å². The Morgan fingerprint density at radius 2 is 1.96 bits per heavy atom. The van der Waals surface area contributed by atoms with Crippen LogP contribution in [0.1, 0.15) is 31.2 Å². The van der Waals surface area contributed by atoms with E-state index in [1.807, 2.05) is 6.19 Å². The van der Waals surface area contributed by atoms with Crippen molar-refractivity contribution in [3.8, 4) is 6.19 Å². The summed E-state index contributed by atoms with van der Waals surface area (Å²) < 4.78 is 5.19. The quantitative estimate of drug-likeness (QED) is 0.634. The number of hydrogen-bond donors (Lipinski definition) is 1. The van der Waals surface area contributed by atoms with E-state index >= 15 is 0 Å². The number of amides is 2. The first-order valence-electron chi connectivity index (χ1n) is 7.95. The third-order valence-corrected chi connectivity index (χ3v) is 4.97. The topological polar surface area (TPSA) is 82.4 Å². The summed E-state index contributed by atoms with van der Waals surface area (Å²) in [6, 6.07) is 5.01. The van der Waals surface area contributed by atoms with Crippen molar-refractivity contribution in [2.75, 3.05) is 7.05 Å². The van der Waals surface area contributed by atoms with Crippen molar-refractivity contribution in [1.82, 2.24) is 10.2 Å². The molecule has 0 bridgehead atoms. The van der Waals surface area contributed by atoms with E-state index in [1.165, 1.54) is 7.05 Å². The van der Waals surface area contributed by atoms with Crippen molar-refractivity contribution in [3.05, 3.63) is 33.8 Å². The lowest BCUT2D eigenvalue weighted by Crippen LogP contribution is -2.40. The second kappa shape index (κ2) is 8.93. The van der Waals surface area contributed by atoms with Gasteiger partial charge in [0.2, 0.25) is 5.91 Å². The van der Waals surface area contributed by atoms with Gasteiger partial charge in [0.05, 0.1) is 10.0 Å². The van der Waals surface area contributed by atoms with Crippen LogP contribution in [0.25, 0.3) is 0 Å². The monoisotopic (exact) mass is 383 g/mol. The molecule has 1 aliphatic carbocycles. The van der Waals surface area contributed by atoms with Crippen molar-refractivity contribution in [3.63, 3.8) is 0 Å². The zero-order valence-electron chi connectivity index (χ0n) is 13.8. The number of nitrogens with one attached hydrogen (secondary N) is 1. The number of ether oxygens (including phenoxy) is 1. The standard InChI is InChI=1S/C17H19Cl2N3O3/c1-22(10-20)16(23)12-3-5-13(6-4-12)21-17(24)25-9-11-2-7-14(18)15(19)8-11/h2,7-8,12-13H,3-6,9H2,1H3,(H,21,24)/t12-,13+. The number of halogens is 2. The van der Waals surface area contributed by atoms with Gasteiger partial charge in [0.25, 0.3) is 0 Å². The van der Waals surface area contributed by atoms with E-state index < -0.39 is 6.09 Å². The molecule has 0 spiro atoms. The molecular formula is C17H19Cl2N3O3. The second-order valence-corrected chi connectivity index (χ2v) is 6.83. The van der Waals surface area contributed by atoms with Gasteiger partial charge in [0.15, 0.2) is 6.19 Å². The summed E-state index contributed by atoms with van der Waals surface area (Å²) >= 11 is 11.8. The summed E-state index contributed by atoms with van der Waals surface area (Å²) in [5.41, 5.74) is 0.749. The molecule has 1 aliphatic rings. The molecule has 6 nitrogen and oxygen atoms in total. The number of nitriles is 1. The van der Waals surface area contributed by atoms with Gasteiger partial charge in [-0.05, 0) is 43.4 Å². The number of carbonyl (C=O) groups is 2. The van der Waals surface area contributed by atoms with Crippen molar-refractivity contribution in [1.29, 1.82) is 5.26 Å². The number of benzene rings is 1. The predicted octanol–water partition coefficient (Wildman–Crippen LogP) is 3.72. The van der Waals surface area contributed by atoms with Crippen LogP contribution in [-0.2, 0) is 16.1 Å². The van der Waals surface area contributed by atoms with Crippen molar-refractivity contribution >= 4 is 35.2 Å². The number of alkyl carbamates (subject to hydrolysis) is 1. The molecule has 1 N–H and O–H groups in total. The van der Waals surface area contributed by atoms with Crippen molar-refractivity contribution in [2.24, 2.45) is 5.92 Å². The highest BCUT2D eigenvalue weighted by atomic mass is 35.5. The van der Waals surface area contributed by atoms with E-state index in [0.29, 0.717) is 35.7 Å². The first-order valence-corrected chi connectivity index (χ1v) is 8.70. The van der Waals surface area contributed by atoms with Gasteiger partial charge < -0.3 is 10.1 Å². The molecule has 25 heavy (non-hydrogen) atoms. The van der Waals surface area contributed by atoms with Crippen LogP contribution >= 0.6 is 23.2 Å². The molecule has 0 radical (unpaired) electrons. The van der Waals surface area contributed by atoms with Crippen LogP contribution in [0.4, 0.5) is 4.79 Å². The van der Waals surface area contributed by atoms with E-state index in [-0.39, 0.29) is 24.5 Å². The number of carbonyl (C=O) groups excluding carboxylic acids is 2. The Labute approximate surface area is 156 Å². The zero-order valence-corrected chi connectivity index (χ0v) is 15.3. The Kier molecular flexibility index (Phi) is 6.91. The molecule has 134 valence electrons. The average Bonchev–Trinajstić information content (AvgIpc) is 2.62. The van der Waals surface area contributed by atoms with Crippen LogP contribution in [0.15, 0.2) is 18.2 Å². The molecule has 0 aromatic heterocycles. The number of nitrogens with zero attached hydrogens (tertiary/aromatic N) is 2. The van der Waals surface area contributed by atoms with E-state index in [2.05, 4.69) is 5.32 Å². The molecule has 1 aromatic rings. The van der Waals surface area contributed by atoms with E-state index in [0.717, 1.165) is 10.5 Å². The summed E-state index contributed by atoms with van der Waals surface area (Å²) in [5.74, 6) is -0.321. The molecule has 1 aromatic carbocycles. The van der Waals surface area contributed by atoms with Gasteiger partial charge in [-0.1, -0.05) is 29.3 Å². The van der Waals surface area contributed by atoms with Gasteiger partial charge in [-0.15, -0.1) is 0 Å². The molecular weight excluding hydrogens is 365 g/mol. The third kappa shape index (κ3) is 5.52. The fraction of sp³-hybridized carbons (Fsp3) is 0.471. The normalized spacial score (nSPS) is 19.6. The van der Waals surface area contributed by atoms with Gasteiger partial charge in [-0.25, -0.2) is 4.79 Å².